The zero-order chi connectivity index (χ0) is 13.7. The van der Waals surface area contributed by atoms with E-state index in [-0.39, 0.29) is 6.03 Å². The highest BCUT2D eigenvalue weighted by molar-refractivity contribution is 5.74. The van der Waals surface area contributed by atoms with Crippen LogP contribution < -0.4 is 5.32 Å². The molecule has 0 aromatic carbocycles. The number of hydrogen-bond donors (Lipinski definition) is 1. The fourth-order valence-corrected chi connectivity index (χ4v) is 3.69. The minimum atomic E-state index is 0.162. The molecular formula is C16H30N2O. The third-order valence-electron chi connectivity index (χ3n) is 4.82. The van der Waals surface area contributed by atoms with Crippen LogP contribution in [0.4, 0.5) is 4.79 Å². The van der Waals surface area contributed by atoms with Crippen LogP contribution in [-0.4, -0.2) is 30.6 Å². The summed E-state index contributed by atoms with van der Waals surface area (Å²) in [5.41, 5.74) is 0. The fraction of sp³-hybridized carbons (Fsp3) is 0.938. The number of amides is 2. The minimum absolute atomic E-state index is 0.162. The van der Waals surface area contributed by atoms with Crippen LogP contribution in [0.3, 0.4) is 0 Å². The summed E-state index contributed by atoms with van der Waals surface area (Å²) in [4.78, 5) is 14.1. The standard InChI is InChI=1S/C16H30N2O/c1-13-5-3-7-15(11-13)8-9-17-16(19)18-10-4-6-14(2)12-18/h13-15H,3-12H2,1-2H3,(H,17,19). The van der Waals surface area contributed by atoms with Gasteiger partial charge in [0.15, 0.2) is 0 Å². The van der Waals surface area contributed by atoms with Gasteiger partial charge in [0.2, 0.25) is 0 Å². The van der Waals surface area contributed by atoms with Gasteiger partial charge in [0.25, 0.3) is 0 Å². The number of carbonyl (C=O) groups is 1. The van der Waals surface area contributed by atoms with Crippen LogP contribution in [0.1, 0.15) is 58.8 Å². The molecule has 0 spiro atoms. The van der Waals surface area contributed by atoms with Gasteiger partial charge in [0, 0.05) is 19.6 Å². The lowest BCUT2D eigenvalue weighted by Crippen LogP contribution is -2.45. The summed E-state index contributed by atoms with van der Waals surface area (Å²) < 4.78 is 0. The van der Waals surface area contributed by atoms with Gasteiger partial charge in [0.05, 0.1) is 0 Å². The average Bonchev–Trinajstić information content (AvgIpc) is 2.38. The number of likely N-dealkylation sites (tertiary alicyclic amines) is 1. The Morgan fingerprint density at radius 1 is 1.16 bits per heavy atom. The van der Waals surface area contributed by atoms with Crippen molar-refractivity contribution in [1.82, 2.24) is 10.2 Å². The van der Waals surface area contributed by atoms with Gasteiger partial charge in [-0.05, 0) is 43.4 Å². The van der Waals surface area contributed by atoms with E-state index in [9.17, 15) is 4.79 Å². The molecule has 0 bridgehead atoms. The summed E-state index contributed by atoms with van der Waals surface area (Å²) in [5, 5.41) is 3.12. The molecule has 1 aliphatic heterocycles. The quantitative estimate of drug-likeness (QED) is 0.831. The highest BCUT2D eigenvalue weighted by Crippen LogP contribution is 2.30. The van der Waals surface area contributed by atoms with E-state index in [1.54, 1.807) is 0 Å². The van der Waals surface area contributed by atoms with E-state index in [2.05, 4.69) is 19.2 Å². The van der Waals surface area contributed by atoms with Crippen LogP contribution >= 0.6 is 0 Å². The normalized spacial score (nSPS) is 32.1. The zero-order valence-electron chi connectivity index (χ0n) is 12.7. The number of nitrogens with zero attached hydrogens (tertiary/aromatic N) is 1. The molecule has 1 heterocycles. The molecule has 19 heavy (non-hydrogen) atoms. The van der Waals surface area contributed by atoms with Crippen LogP contribution in [0.5, 0.6) is 0 Å². The Morgan fingerprint density at radius 3 is 2.68 bits per heavy atom. The maximum atomic E-state index is 12.1. The highest BCUT2D eigenvalue weighted by Gasteiger charge is 2.22. The van der Waals surface area contributed by atoms with Gasteiger partial charge in [-0.3, -0.25) is 0 Å². The van der Waals surface area contributed by atoms with E-state index in [1.807, 2.05) is 4.90 Å². The van der Waals surface area contributed by atoms with Crippen molar-refractivity contribution in [1.29, 1.82) is 0 Å². The van der Waals surface area contributed by atoms with Gasteiger partial charge in [-0.15, -0.1) is 0 Å². The largest absolute Gasteiger partial charge is 0.338 e. The van der Waals surface area contributed by atoms with E-state index < -0.39 is 0 Å². The number of rotatable bonds is 3. The van der Waals surface area contributed by atoms with Crippen molar-refractivity contribution in [3.63, 3.8) is 0 Å². The molecule has 110 valence electrons. The Morgan fingerprint density at radius 2 is 1.95 bits per heavy atom. The Labute approximate surface area is 118 Å². The first kappa shape index (κ1) is 14.7. The van der Waals surface area contributed by atoms with E-state index in [1.165, 1.54) is 38.5 Å². The number of piperidine rings is 1. The third kappa shape index (κ3) is 4.70. The number of urea groups is 1. The average molecular weight is 266 g/mol. The molecule has 0 aromatic rings. The molecule has 2 amide bonds. The topological polar surface area (TPSA) is 32.3 Å². The second kappa shape index (κ2) is 7.16. The van der Waals surface area contributed by atoms with Gasteiger partial charge >= 0.3 is 6.03 Å². The second-order valence-corrected chi connectivity index (χ2v) is 6.85. The van der Waals surface area contributed by atoms with E-state index in [4.69, 9.17) is 0 Å². The summed E-state index contributed by atoms with van der Waals surface area (Å²) in [7, 11) is 0. The van der Waals surface area contributed by atoms with Crippen molar-refractivity contribution < 1.29 is 4.79 Å². The van der Waals surface area contributed by atoms with Crippen molar-refractivity contribution in [2.75, 3.05) is 19.6 Å². The lowest BCUT2D eigenvalue weighted by Gasteiger charge is -2.31. The first-order chi connectivity index (χ1) is 9.15. The van der Waals surface area contributed by atoms with Crippen LogP contribution in [0.15, 0.2) is 0 Å². The van der Waals surface area contributed by atoms with Crippen molar-refractivity contribution in [2.24, 2.45) is 17.8 Å². The lowest BCUT2D eigenvalue weighted by atomic mass is 9.81. The van der Waals surface area contributed by atoms with Crippen LogP contribution in [-0.2, 0) is 0 Å². The monoisotopic (exact) mass is 266 g/mol. The Kier molecular flexibility index (Phi) is 5.53. The molecule has 1 N–H and O–H groups in total. The second-order valence-electron chi connectivity index (χ2n) is 6.85. The molecule has 2 aliphatic rings. The summed E-state index contributed by atoms with van der Waals surface area (Å²) in [6.45, 7) is 7.34. The van der Waals surface area contributed by atoms with E-state index in [0.717, 1.165) is 37.9 Å². The van der Waals surface area contributed by atoms with Crippen molar-refractivity contribution in [2.45, 2.75) is 58.8 Å². The molecular weight excluding hydrogens is 236 g/mol. The molecule has 3 nitrogen and oxygen atoms in total. The minimum Gasteiger partial charge on any atom is -0.338 e. The Balaban J connectivity index is 1.63. The predicted octanol–water partition coefficient (Wildman–Crippen LogP) is 3.64. The molecule has 1 aliphatic carbocycles. The summed E-state index contributed by atoms with van der Waals surface area (Å²) in [5.74, 6) is 2.39. The van der Waals surface area contributed by atoms with Crippen LogP contribution in [0.25, 0.3) is 0 Å². The van der Waals surface area contributed by atoms with Gasteiger partial charge in [-0.25, -0.2) is 4.79 Å². The first-order valence-electron chi connectivity index (χ1n) is 8.18. The molecule has 0 aromatic heterocycles. The van der Waals surface area contributed by atoms with E-state index >= 15 is 0 Å². The highest BCUT2D eigenvalue weighted by atomic mass is 16.2. The van der Waals surface area contributed by atoms with Crippen molar-refractivity contribution >= 4 is 6.03 Å². The van der Waals surface area contributed by atoms with Gasteiger partial charge in [0.1, 0.15) is 0 Å². The molecule has 2 fully saturated rings. The third-order valence-corrected chi connectivity index (χ3v) is 4.82. The molecule has 0 radical (unpaired) electrons. The summed E-state index contributed by atoms with van der Waals surface area (Å²) >= 11 is 0. The molecule has 3 unspecified atom stereocenters. The van der Waals surface area contributed by atoms with E-state index in [0.29, 0.717) is 5.92 Å². The first-order valence-corrected chi connectivity index (χ1v) is 8.18. The molecule has 3 atom stereocenters. The Bertz CT molecular complexity index is 292. The number of hydrogen-bond acceptors (Lipinski definition) is 1. The predicted molar refractivity (Wildman–Crippen MR) is 79.1 cm³/mol. The van der Waals surface area contributed by atoms with Gasteiger partial charge in [-0.1, -0.05) is 33.1 Å². The number of carbonyl (C=O) groups excluding carboxylic acids is 1. The smallest absolute Gasteiger partial charge is 0.317 e. The Hall–Kier alpha value is -0.730. The maximum absolute atomic E-state index is 12.1. The van der Waals surface area contributed by atoms with Gasteiger partial charge < -0.3 is 10.2 Å². The SMILES string of the molecule is CC1CCCC(CCNC(=O)N2CCCC(C)C2)C1. The lowest BCUT2D eigenvalue weighted by molar-refractivity contribution is 0.168. The molecule has 1 saturated carbocycles. The maximum Gasteiger partial charge on any atom is 0.317 e. The van der Waals surface area contributed by atoms with Crippen molar-refractivity contribution in [3.05, 3.63) is 0 Å². The summed E-state index contributed by atoms with van der Waals surface area (Å²) in [6, 6.07) is 0.162. The molecule has 1 saturated heterocycles. The fourth-order valence-electron chi connectivity index (χ4n) is 3.69. The molecule has 3 heteroatoms. The zero-order valence-corrected chi connectivity index (χ0v) is 12.7. The van der Waals surface area contributed by atoms with Crippen LogP contribution in [0, 0.1) is 17.8 Å². The molecule has 2 rings (SSSR count). The summed E-state index contributed by atoms with van der Waals surface area (Å²) in [6.07, 6.45) is 9.09. The number of nitrogens with one attached hydrogen (secondary N) is 1. The van der Waals surface area contributed by atoms with Crippen LogP contribution in [0.2, 0.25) is 0 Å². The van der Waals surface area contributed by atoms with Crippen molar-refractivity contribution in [3.8, 4) is 0 Å². The van der Waals surface area contributed by atoms with Gasteiger partial charge in [-0.2, -0.15) is 0 Å².